The van der Waals surface area contributed by atoms with Gasteiger partial charge in [-0.15, -0.1) is 0 Å². The second kappa shape index (κ2) is 8.49. The smallest absolute Gasteiger partial charge is 0.220 e. The summed E-state index contributed by atoms with van der Waals surface area (Å²) in [7, 11) is 3.97. The Bertz CT molecular complexity index is 904. The topological polar surface area (TPSA) is 58.4 Å². The summed E-state index contributed by atoms with van der Waals surface area (Å²) in [5, 5.41) is 2.88. The van der Waals surface area contributed by atoms with Gasteiger partial charge in [-0.3, -0.25) is 4.79 Å². The maximum Gasteiger partial charge on any atom is 0.220 e. The molecule has 1 heterocycles. The molecular formula is C21H22FN3O2. The number of amides is 1. The Morgan fingerprint density at radius 1 is 1.15 bits per heavy atom. The Balaban J connectivity index is 1.49. The van der Waals surface area contributed by atoms with Crippen LogP contribution < -0.4 is 10.2 Å². The maximum absolute atomic E-state index is 13.8. The third kappa shape index (κ3) is 4.94. The van der Waals surface area contributed by atoms with Crippen LogP contribution in [0.1, 0.15) is 17.9 Å². The van der Waals surface area contributed by atoms with Crippen LogP contribution in [0.2, 0.25) is 0 Å². The summed E-state index contributed by atoms with van der Waals surface area (Å²) in [6.45, 7) is 0.471. The minimum absolute atomic E-state index is 0.0858. The van der Waals surface area contributed by atoms with Crippen molar-refractivity contribution < 1.29 is 13.6 Å². The molecule has 140 valence electrons. The first kappa shape index (κ1) is 18.6. The predicted octanol–water partition coefficient (Wildman–Crippen LogP) is 3.80. The zero-order valence-corrected chi connectivity index (χ0v) is 15.4. The van der Waals surface area contributed by atoms with Crippen LogP contribution in [0.25, 0.3) is 11.3 Å². The highest BCUT2D eigenvalue weighted by molar-refractivity contribution is 5.76. The van der Waals surface area contributed by atoms with Crippen LogP contribution in [0.3, 0.4) is 0 Å². The summed E-state index contributed by atoms with van der Waals surface area (Å²) >= 11 is 0. The number of halogens is 1. The van der Waals surface area contributed by atoms with Crippen molar-refractivity contribution >= 4 is 11.6 Å². The first-order chi connectivity index (χ1) is 13.0. The van der Waals surface area contributed by atoms with Gasteiger partial charge in [0.05, 0.1) is 11.8 Å². The van der Waals surface area contributed by atoms with Gasteiger partial charge in [-0.25, -0.2) is 9.37 Å². The summed E-state index contributed by atoms with van der Waals surface area (Å²) in [5.41, 5.74) is 2.51. The SMILES string of the molecule is CN(C)c1ccc(CNC(=O)CCc2ncc(-c3ccccc3F)o2)cc1. The number of carbonyl (C=O) groups excluding carboxylic acids is 1. The van der Waals surface area contributed by atoms with Crippen molar-refractivity contribution in [3.8, 4) is 11.3 Å². The third-order valence-corrected chi connectivity index (χ3v) is 4.20. The van der Waals surface area contributed by atoms with E-state index in [0.717, 1.165) is 11.3 Å². The average molecular weight is 367 g/mol. The van der Waals surface area contributed by atoms with Gasteiger partial charge < -0.3 is 14.6 Å². The normalized spacial score (nSPS) is 10.6. The highest BCUT2D eigenvalue weighted by Crippen LogP contribution is 2.23. The third-order valence-electron chi connectivity index (χ3n) is 4.20. The number of aryl methyl sites for hydroxylation is 1. The Morgan fingerprint density at radius 2 is 1.89 bits per heavy atom. The first-order valence-electron chi connectivity index (χ1n) is 8.75. The van der Waals surface area contributed by atoms with Gasteiger partial charge in [0.15, 0.2) is 11.7 Å². The van der Waals surface area contributed by atoms with E-state index in [-0.39, 0.29) is 18.1 Å². The lowest BCUT2D eigenvalue weighted by atomic mass is 10.2. The van der Waals surface area contributed by atoms with Crippen LogP contribution in [-0.4, -0.2) is 25.0 Å². The first-order valence-corrected chi connectivity index (χ1v) is 8.75. The molecule has 5 nitrogen and oxygen atoms in total. The fourth-order valence-electron chi connectivity index (χ4n) is 2.63. The van der Waals surface area contributed by atoms with Crippen LogP contribution in [0.5, 0.6) is 0 Å². The molecule has 2 aromatic carbocycles. The van der Waals surface area contributed by atoms with Gasteiger partial charge in [0.1, 0.15) is 5.82 Å². The number of carbonyl (C=O) groups is 1. The van der Waals surface area contributed by atoms with E-state index < -0.39 is 0 Å². The molecule has 6 heteroatoms. The summed E-state index contributed by atoms with van der Waals surface area (Å²) in [5.74, 6) is 0.332. The summed E-state index contributed by atoms with van der Waals surface area (Å²) < 4.78 is 19.3. The molecule has 0 saturated heterocycles. The highest BCUT2D eigenvalue weighted by Gasteiger charge is 2.11. The average Bonchev–Trinajstić information content (AvgIpc) is 3.14. The Hall–Kier alpha value is -3.15. The largest absolute Gasteiger partial charge is 0.441 e. The van der Waals surface area contributed by atoms with Gasteiger partial charge in [-0.1, -0.05) is 24.3 Å². The predicted molar refractivity (Wildman–Crippen MR) is 103 cm³/mol. The van der Waals surface area contributed by atoms with Gasteiger partial charge in [0, 0.05) is 39.2 Å². The molecule has 0 aliphatic carbocycles. The molecule has 1 amide bonds. The van der Waals surface area contributed by atoms with Crippen LogP contribution in [-0.2, 0) is 17.8 Å². The molecular weight excluding hydrogens is 345 g/mol. The molecule has 0 aliphatic rings. The van der Waals surface area contributed by atoms with Crippen LogP contribution in [0.4, 0.5) is 10.1 Å². The van der Waals surface area contributed by atoms with Gasteiger partial charge in [-0.05, 0) is 29.8 Å². The van der Waals surface area contributed by atoms with Gasteiger partial charge in [0.2, 0.25) is 5.91 Å². The van der Waals surface area contributed by atoms with Crippen LogP contribution in [0.15, 0.2) is 59.1 Å². The highest BCUT2D eigenvalue weighted by atomic mass is 19.1. The van der Waals surface area contributed by atoms with Gasteiger partial charge in [0.25, 0.3) is 0 Å². The Labute approximate surface area is 157 Å². The van der Waals surface area contributed by atoms with Crippen molar-refractivity contribution in [3.63, 3.8) is 0 Å². The molecule has 3 rings (SSSR count). The fraction of sp³-hybridized carbons (Fsp3) is 0.238. The van der Waals surface area contributed by atoms with E-state index in [0.29, 0.717) is 30.2 Å². The summed E-state index contributed by atoms with van der Waals surface area (Å²) in [6, 6.07) is 14.4. The van der Waals surface area contributed by atoms with Crippen molar-refractivity contribution in [1.29, 1.82) is 0 Å². The minimum Gasteiger partial charge on any atom is -0.441 e. The molecule has 0 fully saturated rings. The lowest BCUT2D eigenvalue weighted by Crippen LogP contribution is -2.23. The van der Waals surface area contributed by atoms with Crippen molar-refractivity contribution in [2.75, 3.05) is 19.0 Å². The molecule has 1 aromatic heterocycles. The van der Waals surface area contributed by atoms with E-state index in [4.69, 9.17) is 4.42 Å². The lowest BCUT2D eigenvalue weighted by Gasteiger charge is -2.12. The van der Waals surface area contributed by atoms with Crippen LogP contribution in [0, 0.1) is 5.82 Å². The zero-order chi connectivity index (χ0) is 19.2. The van der Waals surface area contributed by atoms with Gasteiger partial charge >= 0.3 is 0 Å². The Morgan fingerprint density at radius 3 is 2.59 bits per heavy atom. The standard InChI is InChI=1S/C21H22FN3O2/c1-25(2)16-9-7-15(8-10-16)13-23-20(26)11-12-21-24-14-19(27-21)17-5-3-4-6-18(17)22/h3-10,14H,11-13H2,1-2H3,(H,23,26). The molecule has 0 atom stereocenters. The number of nitrogens with one attached hydrogen (secondary N) is 1. The molecule has 0 unspecified atom stereocenters. The lowest BCUT2D eigenvalue weighted by molar-refractivity contribution is -0.121. The van der Waals surface area contributed by atoms with Crippen molar-refractivity contribution in [2.45, 2.75) is 19.4 Å². The zero-order valence-electron chi connectivity index (χ0n) is 15.4. The molecule has 1 N–H and O–H groups in total. The van der Waals surface area contributed by atoms with E-state index in [1.165, 1.54) is 12.3 Å². The summed E-state index contributed by atoms with van der Waals surface area (Å²) in [6.07, 6.45) is 2.10. The van der Waals surface area contributed by atoms with E-state index in [1.807, 2.05) is 43.3 Å². The molecule has 27 heavy (non-hydrogen) atoms. The van der Waals surface area contributed by atoms with Crippen molar-refractivity contribution in [3.05, 3.63) is 72.0 Å². The number of nitrogens with zero attached hydrogens (tertiary/aromatic N) is 2. The number of hydrogen-bond acceptors (Lipinski definition) is 4. The molecule has 0 bridgehead atoms. The summed E-state index contributed by atoms with van der Waals surface area (Å²) in [4.78, 5) is 18.2. The molecule has 0 saturated carbocycles. The van der Waals surface area contributed by atoms with E-state index in [2.05, 4.69) is 10.3 Å². The second-order valence-electron chi connectivity index (χ2n) is 6.44. The quantitative estimate of drug-likeness (QED) is 0.690. The minimum atomic E-state index is -0.363. The number of oxazole rings is 1. The maximum atomic E-state index is 13.8. The van der Waals surface area contributed by atoms with Crippen molar-refractivity contribution in [2.24, 2.45) is 0 Å². The van der Waals surface area contributed by atoms with E-state index >= 15 is 0 Å². The number of rotatable bonds is 7. The number of aromatic nitrogens is 1. The molecule has 0 aliphatic heterocycles. The second-order valence-corrected chi connectivity index (χ2v) is 6.44. The number of benzene rings is 2. The monoisotopic (exact) mass is 367 g/mol. The Kier molecular flexibility index (Phi) is 5.86. The van der Waals surface area contributed by atoms with E-state index in [1.54, 1.807) is 18.2 Å². The number of anilines is 1. The number of hydrogen-bond donors (Lipinski definition) is 1. The molecule has 0 radical (unpaired) electrons. The molecule has 0 spiro atoms. The van der Waals surface area contributed by atoms with Gasteiger partial charge in [-0.2, -0.15) is 0 Å². The van der Waals surface area contributed by atoms with Crippen LogP contribution >= 0.6 is 0 Å². The fourth-order valence-corrected chi connectivity index (χ4v) is 2.63. The van der Waals surface area contributed by atoms with Crippen molar-refractivity contribution in [1.82, 2.24) is 10.3 Å². The molecule has 3 aromatic rings. The van der Waals surface area contributed by atoms with E-state index in [9.17, 15) is 9.18 Å².